The SMILES string of the molecule is C=COCCCNC(=O)[C@@H](N)CCc1ccccc1. The number of aryl methyl sites for hydroxylation is 1. The van der Waals surface area contributed by atoms with Crippen molar-refractivity contribution >= 4 is 5.91 Å². The van der Waals surface area contributed by atoms with Crippen molar-refractivity contribution in [2.75, 3.05) is 13.2 Å². The molecule has 4 heteroatoms. The lowest BCUT2D eigenvalue weighted by molar-refractivity contribution is -0.122. The molecule has 1 rings (SSSR count). The van der Waals surface area contributed by atoms with E-state index in [1.54, 1.807) is 0 Å². The number of nitrogens with one attached hydrogen (secondary N) is 1. The van der Waals surface area contributed by atoms with Crippen molar-refractivity contribution in [3.05, 3.63) is 48.7 Å². The van der Waals surface area contributed by atoms with Gasteiger partial charge in [0.25, 0.3) is 0 Å². The van der Waals surface area contributed by atoms with E-state index in [1.807, 2.05) is 30.3 Å². The fourth-order valence-corrected chi connectivity index (χ4v) is 1.68. The van der Waals surface area contributed by atoms with E-state index in [1.165, 1.54) is 11.8 Å². The van der Waals surface area contributed by atoms with Crippen molar-refractivity contribution in [1.29, 1.82) is 0 Å². The van der Waals surface area contributed by atoms with Gasteiger partial charge in [-0.2, -0.15) is 0 Å². The molecule has 19 heavy (non-hydrogen) atoms. The van der Waals surface area contributed by atoms with E-state index in [-0.39, 0.29) is 5.91 Å². The van der Waals surface area contributed by atoms with Crippen molar-refractivity contribution in [2.24, 2.45) is 5.73 Å². The highest BCUT2D eigenvalue weighted by atomic mass is 16.5. The van der Waals surface area contributed by atoms with Crippen molar-refractivity contribution in [3.8, 4) is 0 Å². The number of hydrogen-bond donors (Lipinski definition) is 2. The Balaban J connectivity index is 2.16. The first-order chi connectivity index (χ1) is 9.24. The molecule has 0 aromatic heterocycles. The largest absolute Gasteiger partial charge is 0.502 e. The second kappa shape index (κ2) is 9.16. The van der Waals surface area contributed by atoms with Gasteiger partial charge in [-0.05, 0) is 24.8 Å². The second-order valence-electron chi connectivity index (χ2n) is 4.31. The normalized spacial score (nSPS) is 11.6. The average molecular weight is 262 g/mol. The van der Waals surface area contributed by atoms with E-state index in [2.05, 4.69) is 11.9 Å². The minimum atomic E-state index is -0.458. The molecule has 0 bridgehead atoms. The molecule has 0 aliphatic carbocycles. The predicted molar refractivity (Wildman–Crippen MR) is 76.5 cm³/mol. The van der Waals surface area contributed by atoms with E-state index in [4.69, 9.17) is 10.5 Å². The Morgan fingerprint density at radius 2 is 2.16 bits per heavy atom. The van der Waals surface area contributed by atoms with E-state index in [9.17, 15) is 4.79 Å². The number of benzene rings is 1. The molecular formula is C15H22N2O2. The summed E-state index contributed by atoms with van der Waals surface area (Å²) in [4.78, 5) is 11.7. The molecule has 0 unspecified atom stereocenters. The quantitative estimate of drug-likeness (QED) is 0.525. The molecule has 0 radical (unpaired) electrons. The number of carbonyl (C=O) groups excluding carboxylic acids is 1. The Labute approximate surface area is 114 Å². The van der Waals surface area contributed by atoms with Gasteiger partial charge in [-0.15, -0.1) is 0 Å². The minimum absolute atomic E-state index is 0.102. The Morgan fingerprint density at radius 3 is 2.84 bits per heavy atom. The maximum atomic E-state index is 11.7. The summed E-state index contributed by atoms with van der Waals surface area (Å²) in [7, 11) is 0. The maximum Gasteiger partial charge on any atom is 0.236 e. The number of amides is 1. The molecule has 0 aliphatic heterocycles. The van der Waals surface area contributed by atoms with Crippen molar-refractivity contribution in [1.82, 2.24) is 5.32 Å². The van der Waals surface area contributed by atoms with Crippen molar-refractivity contribution in [3.63, 3.8) is 0 Å². The van der Waals surface area contributed by atoms with Gasteiger partial charge in [-0.1, -0.05) is 36.9 Å². The topological polar surface area (TPSA) is 64.3 Å². The standard InChI is InChI=1S/C15H22N2O2/c1-2-19-12-6-11-17-15(18)14(16)10-9-13-7-4-3-5-8-13/h2-5,7-8,14H,1,6,9-12,16H2,(H,17,18)/t14-/m0/s1. The maximum absolute atomic E-state index is 11.7. The van der Waals surface area contributed by atoms with Crippen LogP contribution in [0.25, 0.3) is 0 Å². The van der Waals surface area contributed by atoms with E-state index >= 15 is 0 Å². The summed E-state index contributed by atoms with van der Waals surface area (Å²) in [6.07, 6.45) is 3.62. The van der Waals surface area contributed by atoms with Gasteiger partial charge in [0.05, 0.1) is 18.9 Å². The van der Waals surface area contributed by atoms with Gasteiger partial charge in [-0.25, -0.2) is 0 Å². The van der Waals surface area contributed by atoms with Crippen LogP contribution in [0.1, 0.15) is 18.4 Å². The number of ether oxygens (including phenoxy) is 1. The molecule has 0 heterocycles. The lowest BCUT2D eigenvalue weighted by Gasteiger charge is -2.12. The van der Waals surface area contributed by atoms with Crippen LogP contribution in [0.15, 0.2) is 43.2 Å². The number of nitrogens with two attached hydrogens (primary N) is 1. The molecule has 3 N–H and O–H groups in total. The molecular weight excluding hydrogens is 240 g/mol. The third-order valence-corrected chi connectivity index (χ3v) is 2.78. The zero-order valence-corrected chi connectivity index (χ0v) is 11.2. The molecule has 4 nitrogen and oxygen atoms in total. The first kappa shape index (κ1) is 15.2. The summed E-state index contributed by atoms with van der Waals surface area (Å²) in [5.41, 5.74) is 7.05. The molecule has 0 saturated carbocycles. The van der Waals surface area contributed by atoms with Crippen LogP contribution in [-0.2, 0) is 16.0 Å². The van der Waals surface area contributed by atoms with Crippen LogP contribution in [-0.4, -0.2) is 25.1 Å². The Bertz CT molecular complexity index is 379. The summed E-state index contributed by atoms with van der Waals surface area (Å²) >= 11 is 0. The molecule has 1 aromatic rings. The lowest BCUT2D eigenvalue weighted by atomic mass is 10.1. The van der Waals surface area contributed by atoms with Crippen LogP contribution in [0.4, 0.5) is 0 Å². The fourth-order valence-electron chi connectivity index (χ4n) is 1.68. The second-order valence-corrected chi connectivity index (χ2v) is 4.31. The summed E-state index contributed by atoms with van der Waals surface area (Å²) < 4.78 is 4.96. The first-order valence-corrected chi connectivity index (χ1v) is 6.53. The highest BCUT2D eigenvalue weighted by Crippen LogP contribution is 2.04. The fraction of sp³-hybridized carbons (Fsp3) is 0.400. The number of hydrogen-bond acceptors (Lipinski definition) is 3. The molecule has 0 saturated heterocycles. The predicted octanol–water partition coefficient (Wildman–Crippen LogP) is 1.61. The third kappa shape index (κ3) is 6.62. The van der Waals surface area contributed by atoms with Crippen LogP contribution >= 0.6 is 0 Å². The van der Waals surface area contributed by atoms with Crippen LogP contribution in [0.3, 0.4) is 0 Å². The summed E-state index contributed by atoms with van der Waals surface area (Å²) in [5, 5.41) is 2.80. The van der Waals surface area contributed by atoms with Gasteiger partial charge in [0.15, 0.2) is 0 Å². The third-order valence-electron chi connectivity index (χ3n) is 2.78. The molecule has 0 aliphatic rings. The Morgan fingerprint density at radius 1 is 1.42 bits per heavy atom. The van der Waals surface area contributed by atoms with Gasteiger partial charge in [-0.3, -0.25) is 4.79 Å². The smallest absolute Gasteiger partial charge is 0.236 e. The van der Waals surface area contributed by atoms with Gasteiger partial charge in [0.1, 0.15) is 0 Å². The van der Waals surface area contributed by atoms with Crippen molar-refractivity contribution in [2.45, 2.75) is 25.3 Å². The van der Waals surface area contributed by atoms with Crippen LogP contribution in [0.5, 0.6) is 0 Å². The van der Waals surface area contributed by atoms with Gasteiger partial charge >= 0.3 is 0 Å². The van der Waals surface area contributed by atoms with Crippen molar-refractivity contribution < 1.29 is 9.53 Å². The highest BCUT2D eigenvalue weighted by molar-refractivity contribution is 5.81. The summed E-state index contributed by atoms with van der Waals surface area (Å²) in [5.74, 6) is -0.102. The van der Waals surface area contributed by atoms with Crippen LogP contribution in [0.2, 0.25) is 0 Å². The summed E-state index contributed by atoms with van der Waals surface area (Å²) in [6, 6.07) is 9.57. The average Bonchev–Trinajstić information content (AvgIpc) is 2.45. The zero-order chi connectivity index (χ0) is 13.9. The highest BCUT2D eigenvalue weighted by Gasteiger charge is 2.12. The molecule has 1 amide bonds. The minimum Gasteiger partial charge on any atom is -0.502 e. The molecule has 1 aromatic carbocycles. The van der Waals surface area contributed by atoms with Crippen LogP contribution in [0, 0.1) is 0 Å². The Hall–Kier alpha value is -1.81. The van der Waals surface area contributed by atoms with Gasteiger partial charge in [0, 0.05) is 6.54 Å². The number of carbonyl (C=O) groups is 1. The van der Waals surface area contributed by atoms with Crippen LogP contribution < -0.4 is 11.1 Å². The molecule has 0 spiro atoms. The molecule has 0 fully saturated rings. The van der Waals surface area contributed by atoms with Gasteiger partial charge < -0.3 is 15.8 Å². The lowest BCUT2D eigenvalue weighted by Crippen LogP contribution is -2.41. The zero-order valence-electron chi connectivity index (χ0n) is 11.2. The Kier molecular flexibility index (Phi) is 7.35. The number of rotatable bonds is 9. The molecule has 104 valence electrons. The summed E-state index contributed by atoms with van der Waals surface area (Å²) in [6.45, 7) is 4.58. The monoisotopic (exact) mass is 262 g/mol. The van der Waals surface area contributed by atoms with E-state index < -0.39 is 6.04 Å². The van der Waals surface area contributed by atoms with E-state index in [0.29, 0.717) is 19.6 Å². The first-order valence-electron chi connectivity index (χ1n) is 6.53. The van der Waals surface area contributed by atoms with E-state index in [0.717, 1.165) is 12.8 Å². The molecule has 1 atom stereocenters. The van der Waals surface area contributed by atoms with Gasteiger partial charge in [0.2, 0.25) is 5.91 Å².